The number of nitrogens with one attached hydrogen (secondary N) is 1. The molecule has 10 heteroatoms. The number of aromatic nitrogens is 2. The van der Waals surface area contributed by atoms with Crippen molar-refractivity contribution in [1.29, 1.82) is 0 Å². The van der Waals surface area contributed by atoms with E-state index in [2.05, 4.69) is 9.97 Å². The molecule has 2 rings (SSSR count). The van der Waals surface area contributed by atoms with Crippen molar-refractivity contribution in [3.8, 4) is 0 Å². The minimum absolute atomic E-state index is 0.239. The van der Waals surface area contributed by atoms with Crippen LogP contribution in [-0.4, -0.2) is 14.9 Å². The van der Waals surface area contributed by atoms with Crippen LogP contribution in [0.1, 0.15) is 5.56 Å². The molecule has 0 fully saturated rings. The van der Waals surface area contributed by atoms with E-state index in [4.69, 9.17) is 11.6 Å². The van der Waals surface area contributed by atoms with Gasteiger partial charge in [-0.3, -0.25) is 14.9 Å². The molecule has 6 nitrogen and oxygen atoms in total. The highest BCUT2D eigenvalue weighted by Crippen LogP contribution is 2.43. The number of nitro benzene ring substituents is 1. The first-order valence-corrected chi connectivity index (χ1v) is 5.02. The SMILES string of the molecule is O=c1cnc2c([N+](=O)[O-])c(C(F)(F)F)c(Cl)cc2[nH]1. The summed E-state index contributed by atoms with van der Waals surface area (Å²) in [6.07, 6.45) is -4.35. The van der Waals surface area contributed by atoms with E-state index in [1.54, 1.807) is 0 Å². The second-order valence-electron chi connectivity index (χ2n) is 3.48. The zero-order chi connectivity index (χ0) is 14.4. The third kappa shape index (κ3) is 2.24. The lowest BCUT2D eigenvalue weighted by molar-refractivity contribution is -0.386. The lowest BCUT2D eigenvalue weighted by Gasteiger charge is -2.10. The monoisotopic (exact) mass is 293 g/mol. The summed E-state index contributed by atoms with van der Waals surface area (Å²) in [6.45, 7) is 0. The summed E-state index contributed by atoms with van der Waals surface area (Å²) in [7, 11) is 0. The molecule has 100 valence electrons. The number of hydrogen-bond donors (Lipinski definition) is 1. The molecule has 19 heavy (non-hydrogen) atoms. The van der Waals surface area contributed by atoms with Crippen LogP contribution in [0.25, 0.3) is 11.0 Å². The van der Waals surface area contributed by atoms with Gasteiger partial charge in [0.05, 0.1) is 21.7 Å². The van der Waals surface area contributed by atoms with E-state index in [0.29, 0.717) is 6.20 Å². The van der Waals surface area contributed by atoms with Gasteiger partial charge in [-0.1, -0.05) is 11.6 Å². The number of benzene rings is 1. The van der Waals surface area contributed by atoms with E-state index in [0.717, 1.165) is 6.07 Å². The summed E-state index contributed by atoms with van der Waals surface area (Å²) in [5.41, 5.74) is -4.41. The predicted molar refractivity (Wildman–Crippen MR) is 59.0 cm³/mol. The Hall–Kier alpha value is -2.16. The minimum atomic E-state index is -5.01. The van der Waals surface area contributed by atoms with Crippen molar-refractivity contribution in [3.05, 3.63) is 43.3 Å². The summed E-state index contributed by atoms with van der Waals surface area (Å²) in [4.78, 5) is 26.1. The van der Waals surface area contributed by atoms with Crippen LogP contribution in [0, 0.1) is 10.1 Å². The molecule has 0 amide bonds. The zero-order valence-corrected chi connectivity index (χ0v) is 9.54. The average Bonchev–Trinajstić information content (AvgIpc) is 2.24. The molecule has 0 unspecified atom stereocenters. The zero-order valence-electron chi connectivity index (χ0n) is 8.79. The van der Waals surface area contributed by atoms with Crippen LogP contribution >= 0.6 is 11.6 Å². The third-order valence-electron chi connectivity index (χ3n) is 2.26. The van der Waals surface area contributed by atoms with Gasteiger partial charge in [0, 0.05) is 0 Å². The Morgan fingerprint density at radius 2 is 2.05 bits per heavy atom. The number of H-pyrrole nitrogens is 1. The predicted octanol–water partition coefficient (Wildman–Crippen LogP) is 2.50. The van der Waals surface area contributed by atoms with E-state index in [9.17, 15) is 28.1 Å². The molecule has 0 aliphatic carbocycles. The van der Waals surface area contributed by atoms with Crippen LogP contribution in [0.2, 0.25) is 5.02 Å². The van der Waals surface area contributed by atoms with E-state index in [1.165, 1.54) is 0 Å². The Kier molecular flexibility index (Phi) is 2.93. The van der Waals surface area contributed by atoms with Crippen LogP contribution < -0.4 is 5.56 Å². The Morgan fingerprint density at radius 3 is 2.58 bits per heavy atom. The highest BCUT2D eigenvalue weighted by molar-refractivity contribution is 6.32. The fourth-order valence-corrected chi connectivity index (χ4v) is 1.89. The second-order valence-corrected chi connectivity index (χ2v) is 3.89. The molecular weight excluding hydrogens is 291 g/mol. The summed E-state index contributed by atoms with van der Waals surface area (Å²) in [5, 5.41) is 9.96. The summed E-state index contributed by atoms with van der Waals surface area (Å²) in [6, 6.07) is 0.779. The van der Waals surface area contributed by atoms with Gasteiger partial charge in [-0.25, -0.2) is 4.98 Å². The Bertz CT molecular complexity index is 741. The standard InChI is InChI=1S/C9H3ClF3N3O3/c10-3-1-4-7(14-2-5(17)15-4)8(16(18)19)6(3)9(11,12)13/h1-2H,(H,15,17). The fraction of sp³-hybridized carbons (Fsp3) is 0.111. The van der Waals surface area contributed by atoms with Gasteiger partial charge < -0.3 is 4.98 Å². The average molecular weight is 294 g/mol. The van der Waals surface area contributed by atoms with Crippen LogP contribution in [0.4, 0.5) is 18.9 Å². The minimum Gasteiger partial charge on any atom is -0.319 e. The molecule has 0 aliphatic heterocycles. The Morgan fingerprint density at radius 1 is 1.42 bits per heavy atom. The maximum atomic E-state index is 12.8. The number of halogens is 4. The Balaban J connectivity index is 3.02. The van der Waals surface area contributed by atoms with Crippen molar-refractivity contribution in [3.63, 3.8) is 0 Å². The largest absolute Gasteiger partial charge is 0.424 e. The first kappa shape index (κ1) is 13.3. The van der Waals surface area contributed by atoms with Gasteiger partial charge in [0.15, 0.2) is 11.1 Å². The molecule has 1 aromatic heterocycles. The second kappa shape index (κ2) is 4.19. The number of rotatable bonds is 1. The van der Waals surface area contributed by atoms with Gasteiger partial charge in [0.2, 0.25) is 0 Å². The summed E-state index contributed by atoms with van der Waals surface area (Å²) >= 11 is 5.42. The lowest BCUT2D eigenvalue weighted by Crippen LogP contribution is -2.13. The van der Waals surface area contributed by atoms with Gasteiger partial charge in [-0.2, -0.15) is 13.2 Å². The lowest BCUT2D eigenvalue weighted by atomic mass is 10.1. The third-order valence-corrected chi connectivity index (χ3v) is 2.56. The quantitative estimate of drug-likeness (QED) is 0.646. The van der Waals surface area contributed by atoms with Crippen molar-refractivity contribution in [1.82, 2.24) is 9.97 Å². The van der Waals surface area contributed by atoms with E-state index in [-0.39, 0.29) is 5.52 Å². The van der Waals surface area contributed by atoms with Gasteiger partial charge in [-0.15, -0.1) is 0 Å². The van der Waals surface area contributed by atoms with Gasteiger partial charge in [0.1, 0.15) is 0 Å². The normalized spacial score (nSPS) is 11.8. The van der Waals surface area contributed by atoms with Gasteiger partial charge in [-0.05, 0) is 6.07 Å². The smallest absolute Gasteiger partial charge is 0.319 e. The number of alkyl halides is 3. The van der Waals surface area contributed by atoms with Crippen molar-refractivity contribution in [2.45, 2.75) is 6.18 Å². The van der Waals surface area contributed by atoms with Crippen molar-refractivity contribution >= 4 is 28.3 Å². The molecule has 1 N–H and O–H groups in total. The summed E-state index contributed by atoms with van der Waals surface area (Å²) in [5.74, 6) is 0. The fourth-order valence-electron chi connectivity index (χ4n) is 1.59. The molecule has 1 aromatic carbocycles. The highest BCUT2D eigenvalue weighted by Gasteiger charge is 2.42. The van der Waals surface area contributed by atoms with Crippen LogP contribution in [0.5, 0.6) is 0 Å². The van der Waals surface area contributed by atoms with Gasteiger partial charge in [0.25, 0.3) is 5.56 Å². The number of nitro groups is 1. The molecular formula is C9H3ClF3N3O3. The molecule has 0 aliphatic rings. The molecule has 1 heterocycles. The first-order valence-electron chi connectivity index (χ1n) is 4.65. The van der Waals surface area contributed by atoms with Crippen LogP contribution in [-0.2, 0) is 6.18 Å². The van der Waals surface area contributed by atoms with E-state index < -0.39 is 38.4 Å². The maximum absolute atomic E-state index is 12.8. The van der Waals surface area contributed by atoms with Crippen molar-refractivity contribution in [2.24, 2.45) is 0 Å². The number of nitrogens with zero attached hydrogens (tertiary/aromatic N) is 2. The number of aromatic amines is 1. The molecule has 2 aromatic rings. The van der Waals surface area contributed by atoms with Crippen LogP contribution in [0.3, 0.4) is 0 Å². The van der Waals surface area contributed by atoms with Crippen molar-refractivity contribution in [2.75, 3.05) is 0 Å². The molecule has 0 atom stereocenters. The maximum Gasteiger partial charge on any atom is 0.424 e. The highest BCUT2D eigenvalue weighted by atomic mass is 35.5. The van der Waals surface area contributed by atoms with Crippen LogP contribution in [0.15, 0.2) is 17.1 Å². The topological polar surface area (TPSA) is 88.9 Å². The number of hydrogen-bond acceptors (Lipinski definition) is 4. The Labute approximate surface area is 107 Å². The van der Waals surface area contributed by atoms with Gasteiger partial charge >= 0.3 is 11.9 Å². The molecule has 0 saturated heterocycles. The molecule has 0 spiro atoms. The molecule has 0 bridgehead atoms. The molecule has 0 saturated carbocycles. The van der Waals surface area contributed by atoms with E-state index in [1.807, 2.05) is 0 Å². The number of fused-ring (bicyclic) bond motifs is 1. The summed E-state index contributed by atoms with van der Waals surface area (Å²) < 4.78 is 38.4. The first-order chi connectivity index (χ1) is 8.71. The van der Waals surface area contributed by atoms with Crippen molar-refractivity contribution < 1.29 is 18.1 Å². The van der Waals surface area contributed by atoms with E-state index >= 15 is 0 Å². The molecule has 0 radical (unpaired) electrons.